The van der Waals surface area contributed by atoms with Gasteiger partial charge in [0.2, 0.25) is 0 Å². The molecule has 1 aromatic rings. The van der Waals surface area contributed by atoms with Crippen molar-refractivity contribution in [2.24, 2.45) is 0 Å². The predicted octanol–water partition coefficient (Wildman–Crippen LogP) is 5.49. The Hall–Kier alpha value is -1.24. The molecule has 0 amide bonds. The first-order valence-electron chi connectivity index (χ1n) is 8.86. The first kappa shape index (κ1) is 20.1. The van der Waals surface area contributed by atoms with E-state index in [1.807, 2.05) is 32.0 Å². The highest BCUT2D eigenvalue weighted by molar-refractivity contribution is 14.1. The number of rotatable bonds is 8. The van der Waals surface area contributed by atoms with Crippen molar-refractivity contribution >= 4 is 28.6 Å². The van der Waals surface area contributed by atoms with E-state index < -0.39 is 0 Å². The first-order valence-corrected chi connectivity index (χ1v) is 9.94. The molecule has 0 N–H and O–H groups in total. The van der Waals surface area contributed by atoms with E-state index in [9.17, 15) is 4.79 Å². The minimum absolute atomic E-state index is 0.289. The lowest BCUT2D eigenvalue weighted by molar-refractivity contribution is -0.0175. The Morgan fingerprint density at radius 3 is 2.60 bits per heavy atom. The van der Waals surface area contributed by atoms with Crippen molar-refractivity contribution in [2.75, 3.05) is 13.2 Å². The molecule has 0 bridgehead atoms. The summed E-state index contributed by atoms with van der Waals surface area (Å²) in [6.45, 7) is 6.85. The van der Waals surface area contributed by atoms with Crippen molar-refractivity contribution in [1.29, 1.82) is 0 Å². The van der Waals surface area contributed by atoms with E-state index >= 15 is 0 Å². The number of hydrogen-bond acceptors (Lipinski definition) is 4. The van der Waals surface area contributed by atoms with E-state index in [0.717, 1.165) is 41.2 Å². The molecule has 0 heterocycles. The van der Waals surface area contributed by atoms with Gasteiger partial charge < -0.3 is 14.2 Å². The minimum atomic E-state index is -0.303. The van der Waals surface area contributed by atoms with Gasteiger partial charge in [-0.3, -0.25) is 0 Å². The second-order valence-electron chi connectivity index (χ2n) is 6.69. The topological polar surface area (TPSA) is 44.8 Å². The van der Waals surface area contributed by atoms with Crippen molar-refractivity contribution in [1.82, 2.24) is 0 Å². The zero-order valence-corrected chi connectivity index (χ0v) is 17.4. The molecule has 4 nitrogen and oxygen atoms in total. The fraction of sp³-hybridized carbons (Fsp3) is 0.550. The summed E-state index contributed by atoms with van der Waals surface area (Å²) in [7, 11) is 0. The average Bonchev–Trinajstić information content (AvgIpc) is 3.04. The average molecular weight is 458 g/mol. The molecule has 0 unspecified atom stereocenters. The van der Waals surface area contributed by atoms with E-state index in [1.54, 1.807) is 6.26 Å². The van der Waals surface area contributed by atoms with Crippen molar-refractivity contribution < 1.29 is 19.0 Å². The molecule has 0 radical (unpaired) electrons. The number of allylic oxidation sites excluding steroid dienone is 1. The SMILES string of the molecule is CCC1(OC(=O)c2cc(I)ccc2OCCOC=C(C)C)CCCC1. The molecule has 1 aromatic carbocycles. The lowest BCUT2D eigenvalue weighted by atomic mass is 9.98. The molecule has 0 atom stereocenters. The van der Waals surface area contributed by atoms with Crippen LogP contribution in [0, 0.1) is 3.57 Å². The third-order valence-electron chi connectivity index (χ3n) is 4.41. The fourth-order valence-corrected chi connectivity index (χ4v) is 3.50. The van der Waals surface area contributed by atoms with Gasteiger partial charge in [0, 0.05) is 3.57 Å². The summed E-state index contributed by atoms with van der Waals surface area (Å²) in [6, 6.07) is 5.58. The smallest absolute Gasteiger partial charge is 0.342 e. The summed E-state index contributed by atoms with van der Waals surface area (Å²) in [5.41, 5.74) is 1.29. The monoisotopic (exact) mass is 458 g/mol. The quantitative estimate of drug-likeness (QED) is 0.224. The molecular formula is C20H27IO4. The zero-order valence-electron chi connectivity index (χ0n) is 15.3. The van der Waals surface area contributed by atoms with E-state index in [1.165, 1.54) is 0 Å². The first-order chi connectivity index (χ1) is 12.0. The highest BCUT2D eigenvalue weighted by atomic mass is 127. The number of esters is 1. The van der Waals surface area contributed by atoms with Gasteiger partial charge in [-0.2, -0.15) is 0 Å². The van der Waals surface area contributed by atoms with Crippen LogP contribution in [0.15, 0.2) is 30.0 Å². The molecule has 1 saturated carbocycles. The number of carbonyl (C=O) groups excluding carboxylic acids is 1. The maximum absolute atomic E-state index is 12.8. The molecule has 5 heteroatoms. The second-order valence-corrected chi connectivity index (χ2v) is 7.93. The maximum Gasteiger partial charge on any atom is 0.342 e. The Balaban J connectivity index is 2.04. The number of halogens is 1. The number of ether oxygens (including phenoxy) is 3. The van der Waals surface area contributed by atoms with E-state index in [4.69, 9.17) is 14.2 Å². The molecule has 0 aromatic heterocycles. The number of hydrogen-bond donors (Lipinski definition) is 0. The predicted molar refractivity (Wildman–Crippen MR) is 107 cm³/mol. The fourth-order valence-electron chi connectivity index (χ4n) is 3.01. The third-order valence-corrected chi connectivity index (χ3v) is 5.08. The van der Waals surface area contributed by atoms with Gasteiger partial charge in [-0.1, -0.05) is 6.92 Å². The Morgan fingerprint density at radius 1 is 1.24 bits per heavy atom. The Bertz CT molecular complexity index is 614. The third kappa shape index (κ3) is 5.90. The molecule has 1 aliphatic carbocycles. The number of benzene rings is 1. The van der Waals surface area contributed by atoms with Crippen LogP contribution in [0.4, 0.5) is 0 Å². The number of carbonyl (C=O) groups is 1. The van der Waals surface area contributed by atoms with Gasteiger partial charge in [0.1, 0.15) is 30.1 Å². The highest BCUT2D eigenvalue weighted by Gasteiger charge is 2.36. The Morgan fingerprint density at radius 2 is 1.96 bits per heavy atom. The van der Waals surface area contributed by atoms with Gasteiger partial charge in [0.05, 0.1) is 6.26 Å². The van der Waals surface area contributed by atoms with Crippen LogP contribution < -0.4 is 4.74 Å². The van der Waals surface area contributed by atoms with E-state index in [2.05, 4.69) is 29.5 Å². The van der Waals surface area contributed by atoms with Gasteiger partial charge in [0.25, 0.3) is 0 Å². The second kappa shape index (κ2) is 9.46. The van der Waals surface area contributed by atoms with E-state index in [0.29, 0.717) is 24.5 Å². The highest BCUT2D eigenvalue weighted by Crippen LogP contribution is 2.37. The summed E-state index contributed by atoms with van der Waals surface area (Å²) < 4.78 is 18.1. The van der Waals surface area contributed by atoms with Gasteiger partial charge >= 0.3 is 5.97 Å². The molecular weight excluding hydrogens is 431 g/mol. The lowest BCUT2D eigenvalue weighted by Crippen LogP contribution is -2.31. The van der Waals surface area contributed by atoms with E-state index in [-0.39, 0.29) is 11.6 Å². The summed E-state index contributed by atoms with van der Waals surface area (Å²) in [5, 5.41) is 0. The van der Waals surface area contributed by atoms with Gasteiger partial charge in [-0.05, 0) is 92.3 Å². The summed E-state index contributed by atoms with van der Waals surface area (Å²) >= 11 is 2.20. The maximum atomic E-state index is 12.8. The van der Waals surface area contributed by atoms with Crippen molar-refractivity contribution in [3.63, 3.8) is 0 Å². The Labute approximate surface area is 164 Å². The molecule has 138 valence electrons. The molecule has 0 spiro atoms. The molecule has 0 aliphatic heterocycles. The van der Waals surface area contributed by atoms with Gasteiger partial charge in [-0.25, -0.2) is 4.79 Å². The van der Waals surface area contributed by atoms with Crippen molar-refractivity contribution in [3.05, 3.63) is 39.2 Å². The van der Waals surface area contributed by atoms with Crippen LogP contribution in [-0.2, 0) is 9.47 Å². The molecule has 25 heavy (non-hydrogen) atoms. The molecule has 1 fully saturated rings. The standard InChI is InChI=1S/C20H27IO4/c1-4-20(9-5-6-10-20)25-19(22)17-13-16(21)7-8-18(17)24-12-11-23-14-15(2)3/h7-8,13-14H,4-6,9-12H2,1-3H3. The molecule has 1 aliphatic rings. The van der Waals surface area contributed by atoms with Crippen molar-refractivity contribution in [3.8, 4) is 5.75 Å². The largest absolute Gasteiger partial charge is 0.498 e. The van der Waals surface area contributed by atoms with Crippen LogP contribution in [0.5, 0.6) is 5.75 Å². The molecule has 2 rings (SSSR count). The van der Waals surface area contributed by atoms with Crippen LogP contribution in [0.2, 0.25) is 0 Å². The summed E-state index contributed by atoms with van der Waals surface area (Å²) in [6.07, 6.45) is 6.71. The Kier molecular flexibility index (Phi) is 7.59. The lowest BCUT2D eigenvalue weighted by Gasteiger charge is -2.28. The zero-order chi connectivity index (χ0) is 18.3. The van der Waals surface area contributed by atoms with Crippen LogP contribution in [0.3, 0.4) is 0 Å². The van der Waals surface area contributed by atoms with Crippen LogP contribution in [0.25, 0.3) is 0 Å². The van der Waals surface area contributed by atoms with Crippen LogP contribution in [-0.4, -0.2) is 24.8 Å². The summed E-state index contributed by atoms with van der Waals surface area (Å²) in [5.74, 6) is 0.262. The van der Waals surface area contributed by atoms with Gasteiger partial charge in [-0.15, -0.1) is 0 Å². The van der Waals surface area contributed by atoms with Crippen LogP contribution >= 0.6 is 22.6 Å². The van der Waals surface area contributed by atoms with Crippen molar-refractivity contribution in [2.45, 2.75) is 58.5 Å². The minimum Gasteiger partial charge on any atom is -0.498 e. The van der Waals surface area contributed by atoms with Gasteiger partial charge in [0.15, 0.2) is 0 Å². The summed E-state index contributed by atoms with van der Waals surface area (Å²) in [4.78, 5) is 12.8. The molecule has 0 saturated heterocycles. The van der Waals surface area contributed by atoms with Crippen LogP contribution in [0.1, 0.15) is 63.2 Å². The normalized spacial score (nSPS) is 15.5.